The Bertz CT molecular complexity index is 738. The summed E-state index contributed by atoms with van der Waals surface area (Å²) in [4.78, 5) is 8.97. The second-order valence-corrected chi connectivity index (χ2v) is 6.73. The van der Waals surface area contributed by atoms with E-state index in [1.54, 1.807) is 6.20 Å². The number of rotatable bonds is 10. The monoisotopic (exact) mass is 526 g/mol. The second-order valence-electron chi connectivity index (χ2n) is 6.73. The third kappa shape index (κ3) is 8.74. The van der Waals surface area contributed by atoms with Gasteiger partial charge in [0.25, 0.3) is 0 Å². The van der Waals surface area contributed by atoms with Crippen molar-refractivity contribution in [1.29, 1.82) is 0 Å². The summed E-state index contributed by atoms with van der Waals surface area (Å²) < 4.78 is 16.9. The number of ether oxygens (including phenoxy) is 3. The third-order valence-electron chi connectivity index (χ3n) is 4.43. The van der Waals surface area contributed by atoms with Gasteiger partial charge in [-0.15, -0.1) is 24.0 Å². The summed E-state index contributed by atoms with van der Waals surface area (Å²) in [5.41, 5.74) is 1.02. The average Bonchev–Trinajstić information content (AvgIpc) is 3.28. The van der Waals surface area contributed by atoms with Crippen LogP contribution in [0.4, 0.5) is 0 Å². The van der Waals surface area contributed by atoms with Crippen molar-refractivity contribution >= 4 is 29.9 Å². The highest BCUT2D eigenvalue weighted by Gasteiger charge is 2.15. The number of hydrogen-bond donors (Lipinski definition) is 2. The number of nitrogens with zero attached hydrogens (tertiary/aromatic N) is 2. The number of aliphatic imine (C=N–C) groups is 1. The maximum Gasteiger partial charge on any atom is 0.213 e. The predicted molar refractivity (Wildman–Crippen MR) is 129 cm³/mol. The lowest BCUT2D eigenvalue weighted by Crippen LogP contribution is -2.41. The molecule has 1 fully saturated rings. The van der Waals surface area contributed by atoms with Crippen molar-refractivity contribution in [3.8, 4) is 11.6 Å². The highest BCUT2D eigenvalue weighted by molar-refractivity contribution is 14.0. The smallest absolute Gasteiger partial charge is 0.213 e. The molecular formula is C22H31IN4O3. The lowest BCUT2D eigenvalue weighted by molar-refractivity contribution is 0.114. The van der Waals surface area contributed by atoms with Gasteiger partial charge in [0.05, 0.1) is 12.6 Å². The summed E-state index contributed by atoms with van der Waals surface area (Å²) in [6.45, 7) is 5.97. The fourth-order valence-electron chi connectivity index (χ4n) is 2.94. The molecule has 1 aliphatic heterocycles. The first kappa shape index (κ1) is 24.2. The zero-order chi connectivity index (χ0) is 20.2. The van der Waals surface area contributed by atoms with Crippen LogP contribution in [0.1, 0.15) is 25.3 Å². The molecule has 164 valence electrons. The number of nitrogens with one attached hydrogen (secondary N) is 2. The van der Waals surface area contributed by atoms with Crippen LogP contribution in [0, 0.1) is 0 Å². The summed E-state index contributed by atoms with van der Waals surface area (Å²) >= 11 is 0. The van der Waals surface area contributed by atoms with Crippen molar-refractivity contribution < 1.29 is 14.2 Å². The van der Waals surface area contributed by atoms with Crippen LogP contribution in [0.25, 0.3) is 0 Å². The predicted octanol–water partition coefficient (Wildman–Crippen LogP) is 3.39. The van der Waals surface area contributed by atoms with E-state index in [2.05, 4.69) is 27.5 Å². The van der Waals surface area contributed by atoms with E-state index >= 15 is 0 Å². The Kier molecular flexibility index (Phi) is 11.3. The molecular weight excluding hydrogens is 495 g/mol. The lowest BCUT2D eigenvalue weighted by Gasteiger charge is -2.14. The minimum atomic E-state index is 0. The van der Waals surface area contributed by atoms with E-state index in [-0.39, 0.29) is 30.1 Å². The zero-order valence-corrected chi connectivity index (χ0v) is 19.7. The number of aromatic nitrogens is 1. The highest BCUT2D eigenvalue weighted by Crippen LogP contribution is 2.11. The zero-order valence-electron chi connectivity index (χ0n) is 17.4. The van der Waals surface area contributed by atoms with Gasteiger partial charge in [0, 0.05) is 32.0 Å². The molecule has 0 bridgehead atoms. The first-order valence-corrected chi connectivity index (χ1v) is 10.2. The fourth-order valence-corrected chi connectivity index (χ4v) is 2.94. The molecule has 0 radical (unpaired) electrons. The summed E-state index contributed by atoms with van der Waals surface area (Å²) in [5, 5.41) is 6.61. The molecule has 7 nitrogen and oxygen atoms in total. The Morgan fingerprint density at radius 3 is 2.67 bits per heavy atom. The molecule has 8 heteroatoms. The third-order valence-corrected chi connectivity index (χ3v) is 4.43. The van der Waals surface area contributed by atoms with Gasteiger partial charge in [-0.3, -0.25) is 0 Å². The topological polar surface area (TPSA) is 77.0 Å². The summed E-state index contributed by atoms with van der Waals surface area (Å²) in [6, 6.07) is 13.5. The van der Waals surface area contributed by atoms with E-state index in [1.165, 1.54) is 0 Å². The van der Waals surface area contributed by atoms with E-state index in [1.807, 2.05) is 42.5 Å². The minimum Gasteiger partial charge on any atom is -0.490 e. The second kappa shape index (κ2) is 14.0. The van der Waals surface area contributed by atoms with Gasteiger partial charge in [-0.1, -0.05) is 24.3 Å². The Hall–Kier alpha value is -2.07. The van der Waals surface area contributed by atoms with E-state index in [9.17, 15) is 0 Å². The van der Waals surface area contributed by atoms with Crippen LogP contribution in [0.15, 0.2) is 53.7 Å². The van der Waals surface area contributed by atoms with E-state index < -0.39 is 0 Å². The van der Waals surface area contributed by atoms with Crippen LogP contribution >= 0.6 is 24.0 Å². The van der Waals surface area contributed by atoms with Crippen molar-refractivity contribution in [2.75, 3.05) is 32.9 Å². The van der Waals surface area contributed by atoms with Crippen LogP contribution in [0.5, 0.6) is 11.6 Å². The molecule has 2 aromatic rings. The normalized spacial score (nSPS) is 15.9. The Labute approximate surface area is 195 Å². The van der Waals surface area contributed by atoms with E-state index in [0.29, 0.717) is 25.6 Å². The molecule has 0 saturated carbocycles. The molecule has 1 aliphatic rings. The van der Waals surface area contributed by atoms with Crippen molar-refractivity contribution in [3.05, 3.63) is 54.2 Å². The average molecular weight is 526 g/mol. The molecule has 0 spiro atoms. The Morgan fingerprint density at radius 1 is 1.13 bits per heavy atom. The molecule has 1 atom stereocenters. The standard InChI is InChI=1S/C22H30N4O3.HI/c1-2-23-22(26-17-20-9-6-12-27-20)25-16-18-10-11-21(24-15-18)29-14-13-28-19-7-4-3-5-8-19;/h3-5,7-8,10-11,15,20H,2,6,9,12-14,16-17H2,1H3,(H2,23,25,26);1H. The molecule has 0 aliphatic carbocycles. The molecule has 30 heavy (non-hydrogen) atoms. The summed E-state index contributed by atoms with van der Waals surface area (Å²) in [5.74, 6) is 2.21. The van der Waals surface area contributed by atoms with Crippen molar-refractivity contribution in [1.82, 2.24) is 15.6 Å². The van der Waals surface area contributed by atoms with Gasteiger partial charge in [-0.2, -0.15) is 0 Å². The summed E-state index contributed by atoms with van der Waals surface area (Å²) in [7, 11) is 0. The Balaban J connectivity index is 0.00000320. The van der Waals surface area contributed by atoms with Gasteiger partial charge in [0.15, 0.2) is 5.96 Å². The largest absolute Gasteiger partial charge is 0.490 e. The molecule has 1 unspecified atom stereocenters. The highest BCUT2D eigenvalue weighted by atomic mass is 127. The van der Waals surface area contributed by atoms with Crippen LogP contribution in [-0.4, -0.2) is 50.0 Å². The number of halogens is 1. The molecule has 1 aromatic heterocycles. The molecule has 1 aromatic carbocycles. The molecule has 0 amide bonds. The SMILES string of the molecule is CCNC(=NCc1ccc(OCCOc2ccccc2)nc1)NCC1CCCO1.I. The van der Waals surface area contributed by atoms with Crippen molar-refractivity contribution in [2.45, 2.75) is 32.4 Å². The lowest BCUT2D eigenvalue weighted by atomic mass is 10.2. The van der Waals surface area contributed by atoms with Crippen LogP contribution in [0.2, 0.25) is 0 Å². The first-order valence-electron chi connectivity index (χ1n) is 10.2. The first-order chi connectivity index (χ1) is 14.3. The Morgan fingerprint density at radius 2 is 1.97 bits per heavy atom. The van der Waals surface area contributed by atoms with Crippen molar-refractivity contribution in [2.24, 2.45) is 4.99 Å². The van der Waals surface area contributed by atoms with Crippen LogP contribution < -0.4 is 20.1 Å². The number of guanidine groups is 1. The summed E-state index contributed by atoms with van der Waals surface area (Å²) in [6.07, 6.45) is 4.32. The maximum atomic E-state index is 5.64. The van der Waals surface area contributed by atoms with Gasteiger partial charge < -0.3 is 24.8 Å². The number of pyridine rings is 1. The van der Waals surface area contributed by atoms with Gasteiger partial charge in [-0.25, -0.2) is 9.98 Å². The quantitative estimate of drug-likeness (QED) is 0.214. The van der Waals surface area contributed by atoms with Crippen molar-refractivity contribution in [3.63, 3.8) is 0 Å². The van der Waals surface area contributed by atoms with E-state index in [4.69, 9.17) is 14.2 Å². The molecule has 3 rings (SSSR count). The number of para-hydroxylation sites is 1. The minimum absolute atomic E-state index is 0. The number of benzene rings is 1. The maximum absolute atomic E-state index is 5.64. The fraction of sp³-hybridized carbons (Fsp3) is 0.455. The van der Waals surface area contributed by atoms with Gasteiger partial charge >= 0.3 is 0 Å². The van der Waals surface area contributed by atoms with Gasteiger partial charge in [0.1, 0.15) is 19.0 Å². The van der Waals surface area contributed by atoms with E-state index in [0.717, 1.165) is 49.8 Å². The van der Waals surface area contributed by atoms with Gasteiger partial charge in [-0.05, 0) is 37.5 Å². The molecule has 2 N–H and O–H groups in total. The molecule has 2 heterocycles. The van der Waals surface area contributed by atoms with Crippen LogP contribution in [-0.2, 0) is 11.3 Å². The molecule has 1 saturated heterocycles. The van der Waals surface area contributed by atoms with Gasteiger partial charge in [0.2, 0.25) is 5.88 Å². The van der Waals surface area contributed by atoms with Crippen LogP contribution in [0.3, 0.4) is 0 Å². The number of hydrogen-bond acceptors (Lipinski definition) is 5.